The zero-order chi connectivity index (χ0) is 20.4. The van der Waals surface area contributed by atoms with Crippen LogP contribution < -0.4 is 15.4 Å². The normalized spacial score (nSPS) is 11.9. The van der Waals surface area contributed by atoms with Crippen LogP contribution in [-0.2, 0) is 10.0 Å². The number of amides is 2. The molecule has 10 heteroatoms. The molecule has 2 amide bonds. The summed E-state index contributed by atoms with van der Waals surface area (Å²) in [6.45, 7) is 5.06. The van der Waals surface area contributed by atoms with Crippen molar-refractivity contribution < 1.29 is 22.4 Å². The highest BCUT2D eigenvalue weighted by Gasteiger charge is 2.26. The highest BCUT2D eigenvalue weighted by Crippen LogP contribution is 2.22. The van der Waals surface area contributed by atoms with Crippen LogP contribution in [0.5, 0.6) is 0 Å². The smallest absolute Gasteiger partial charge is 0.291 e. The molecule has 1 aromatic carbocycles. The highest BCUT2D eigenvalue weighted by molar-refractivity contribution is 7.89. The van der Waals surface area contributed by atoms with E-state index in [2.05, 4.69) is 15.4 Å². The molecule has 0 spiro atoms. The lowest BCUT2D eigenvalue weighted by molar-refractivity contribution is 0.0960. The molecule has 8 nitrogen and oxygen atoms in total. The Labute approximate surface area is 162 Å². The van der Waals surface area contributed by atoms with Gasteiger partial charge >= 0.3 is 0 Å². The first-order valence-electron chi connectivity index (χ1n) is 7.90. The third-order valence-corrected chi connectivity index (χ3v) is 5.17. The fourth-order valence-corrected chi connectivity index (χ4v) is 3.70. The van der Waals surface area contributed by atoms with Crippen molar-refractivity contribution >= 4 is 39.1 Å². The maximum atomic E-state index is 12.3. The molecule has 0 saturated carbocycles. The van der Waals surface area contributed by atoms with Crippen molar-refractivity contribution in [2.75, 3.05) is 12.4 Å². The van der Waals surface area contributed by atoms with E-state index in [0.29, 0.717) is 5.69 Å². The predicted molar refractivity (Wildman–Crippen MR) is 102 cm³/mol. The van der Waals surface area contributed by atoms with E-state index in [4.69, 9.17) is 16.0 Å². The Morgan fingerprint density at radius 2 is 1.74 bits per heavy atom. The van der Waals surface area contributed by atoms with Crippen LogP contribution in [-0.4, -0.2) is 32.8 Å². The van der Waals surface area contributed by atoms with Gasteiger partial charge < -0.3 is 15.1 Å². The summed E-state index contributed by atoms with van der Waals surface area (Å²) < 4.78 is 32.1. The van der Waals surface area contributed by atoms with Crippen LogP contribution in [0.2, 0.25) is 5.02 Å². The molecular weight excluding hydrogens is 394 g/mol. The molecule has 0 saturated heterocycles. The Morgan fingerprint density at radius 3 is 2.33 bits per heavy atom. The maximum absolute atomic E-state index is 12.3. The Hall–Kier alpha value is -2.36. The highest BCUT2D eigenvalue weighted by atomic mass is 35.5. The minimum absolute atomic E-state index is 0.189. The number of carbonyl (C=O) groups excluding carboxylic acids is 2. The molecule has 1 heterocycles. The SMILES string of the molecule is CNC(=O)c1cc(NC(=O)c2ccc(S(=O)(=O)NC(C)(C)C)o2)ccc1Cl. The first-order chi connectivity index (χ1) is 12.4. The number of hydrogen-bond donors (Lipinski definition) is 3. The lowest BCUT2D eigenvalue weighted by atomic mass is 10.1. The largest absolute Gasteiger partial charge is 0.438 e. The molecule has 2 rings (SSSR count). The third-order valence-electron chi connectivity index (χ3n) is 3.21. The number of benzene rings is 1. The Morgan fingerprint density at radius 1 is 1.07 bits per heavy atom. The van der Waals surface area contributed by atoms with Crippen molar-refractivity contribution in [3.63, 3.8) is 0 Å². The van der Waals surface area contributed by atoms with Crippen LogP contribution in [0.25, 0.3) is 0 Å². The standard InChI is InChI=1S/C17H20ClN3O5S/c1-17(2,3)21-27(24,25)14-8-7-13(26-14)16(23)20-10-5-6-12(18)11(9-10)15(22)19-4/h5-9,21H,1-4H3,(H,19,22)(H,20,23). The Kier molecular flexibility index (Phi) is 5.98. The zero-order valence-electron chi connectivity index (χ0n) is 15.2. The van der Waals surface area contributed by atoms with Crippen molar-refractivity contribution in [3.05, 3.63) is 46.7 Å². The van der Waals surface area contributed by atoms with Gasteiger partial charge in [0.05, 0.1) is 10.6 Å². The van der Waals surface area contributed by atoms with Crippen LogP contribution in [0.4, 0.5) is 5.69 Å². The molecule has 0 aliphatic heterocycles. The Balaban J connectivity index is 2.21. The molecule has 3 N–H and O–H groups in total. The number of nitrogens with one attached hydrogen (secondary N) is 3. The molecule has 0 atom stereocenters. The second kappa shape index (κ2) is 7.71. The molecule has 0 aliphatic rings. The van der Waals surface area contributed by atoms with Gasteiger partial charge in [0.25, 0.3) is 21.8 Å². The van der Waals surface area contributed by atoms with Crippen molar-refractivity contribution in [2.45, 2.75) is 31.4 Å². The van der Waals surface area contributed by atoms with E-state index in [-0.39, 0.29) is 21.4 Å². The molecule has 0 aliphatic carbocycles. The van der Waals surface area contributed by atoms with E-state index in [1.807, 2.05) is 0 Å². The van der Waals surface area contributed by atoms with Gasteiger partial charge in [-0.15, -0.1) is 0 Å². The molecule has 0 radical (unpaired) electrons. The molecule has 146 valence electrons. The van der Waals surface area contributed by atoms with E-state index in [0.717, 1.165) is 0 Å². The van der Waals surface area contributed by atoms with Crippen LogP contribution in [0, 0.1) is 0 Å². The topological polar surface area (TPSA) is 118 Å². The minimum atomic E-state index is -3.90. The van der Waals surface area contributed by atoms with Gasteiger partial charge in [-0.3, -0.25) is 9.59 Å². The average molecular weight is 414 g/mol. The second-order valence-corrected chi connectivity index (χ2v) is 8.72. The second-order valence-electron chi connectivity index (χ2n) is 6.70. The number of carbonyl (C=O) groups is 2. The van der Waals surface area contributed by atoms with Crippen molar-refractivity contribution in [2.24, 2.45) is 0 Å². The summed E-state index contributed by atoms with van der Waals surface area (Å²) in [4.78, 5) is 24.1. The summed E-state index contributed by atoms with van der Waals surface area (Å²) in [5.41, 5.74) is -0.209. The number of hydrogen-bond acceptors (Lipinski definition) is 5. The van der Waals surface area contributed by atoms with Crippen molar-refractivity contribution in [3.8, 4) is 0 Å². The monoisotopic (exact) mass is 413 g/mol. The van der Waals surface area contributed by atoms with E-state index >= 15 is 0 Å². The lowest BCUT2D eigenvalue weighted by Crippen LogP contribution is -2.40. The summed E-state index contributed by atoms with van der Waals surface area (Å²) in [6.07, 6.45) is 0. The van der Waals surface area contributed by atoms with Gasteiger partial charge in [-0.1, -0.05) is 11.6 Å². The Bertz CT molecular complexity index is 977. The van der Waals surface area contributed by atoms with E-state index < -0.39 is 27.4 Å². The molecule has 0 unspecified atom stereocenters. The van der Waals surface area contributed by atoms with E-state index in [9.17, 15) is 18.0 Å². The molecule has 2 aromatic rings. The van der Waals surface area contributed by atoms with Gasteiger partial charge in [-0.05, 0) is 51.1 Å². The first-order valence-corrected chi connectivity index (χ1v) is 9.76. The average Bonchev–Trinajstić information content (AvgIpc) is 3.05. The molecule has 0 bridgehead atoms. The summed E-state index contributed by atoms with van der Waals surface area (Å²) in [5.74, 6) is -1.27. The molecule has 1 aromatic heterocycles. The van der Waals surface area contributed by atoms with E-state index in [1.165, 1.54) is 37.4 Å². The van der Waals surface area contributed by atoms with Gasteiger partial charge in [0.15, 0.2) is 5.76 Å². The van der Waals surface area contributed by atoms with Gasteiger partial charge in [-0.25, -0.2) is 13.1 Å². The van der Waals surface area contributed by atoms with Gasteiger partial charge in [0.1, 0.15) is 0 Å². The number of furan rings is 1. The fourth-order valence-electron chi connectivity index (χ4n) is 2.14. The maximum Gasteiger partial charge on any atom is 0.291 e. The number of halogens is 1. The summed E-state index contributed by atoms with van der Waals surface area (Å²) in [5, 5.41) is 4.83. The molecule has 0 fully saturated rings. The lowest BCUT2D eigenvalue weighted by Gasteiger charge is -2.18. The van der Waals surface area contributed by atoms with Gasteiger partial charge in [0.2, 0.25) is 5.09 Å². The van der Waals surface area contributed by atoms with Gasteiger partial charge in [-0.2, -0.15) is 0 Å². The molecular formula is C17H20ClN3O5S. The van der Waals surface area contributed by atoms with Crippen molar-refractivity contribution in [1.82, 2.24) is 10.0 Å². The van der Waals surface area contributed by atoms with Crippen molar-refractivity contribution in [1.29, 1.82) is 0 Å². The van der Waals surface area contributed by atoms with Crippen LogP contribution in [0.15, 0.2) is 39.8 Å². The summed E-state index contributed by atoms with van der Waals surface area (Å²) in [6, 6.07) is 6.82. The quantitative estimate of drug-likeness (QED) is 0.696. The van der Waals surface area contributed by atoms with Crippen LogP contribution in [0.1, 0.15) is 41.7 Å². The van der Waals surface area contributed by atoms with Crippen LogP contribution in [0.3, 0.4) is 0 Å². The third kappa shape index (κ3) is 5.31. The first kappa shape index (κ1) is 20.9. The summed E-state index contributed by atoms with van der Waals surface area (Å²) in [7, 11) is -2.44. The minimum Gasteiger partial charge on any atom is -0.438 e. The summed E-state index contributed by atoms with van der Waals surface area (Å²) >= 11 is 5.96. The van der Waals surface area contributed by atoms with Gasteiger partial charge in [0, 0.05) is 18.3 Å². The zero-order valence-corrected chi connectivity index (χ0v) is 16.8. The number of sulfonamides is 1. The predicted octanol–water partition coefficient (Wildman–Crippen LogP) is 2.62. The van der Waals surface area contributed by atoms with Crippen LogP contribution >= 0.6 is 11.6 Å². The van der Waals surface area contributed by atoms with E-state index in [1.54, 1.807) is 20.8 Å². The number of rotatable bonds is 5. The molecule has 27 heavy (non-hydrogen) atoms. The number of anilines is 1. The fraction of sp³-hybridized carbons (Fsp3) is 0.294.